The zero-order valence-corrected chi connectivity index (χ0v) is 16.1. The van der Waals surface area contributed by atoms with Crippen molar-refractivity contribution in [3.05, 3.63) is 70.2 Å². The third-order valence-corrected chi connectivity index (χ3v) is 5.66. The molecule has 6 nitrogen and oxygen atoms in total. The molecule has 0 fully saturated rings. The highest BCUT2D eigenvalue weighted by atomic mass is 32.2. The number of carbonyl (C=O) groups excluding carboxylic acids is 2. The minimum atomic E-state index is -0.188. The molecule has 0 saturated carbocycles. The summed E-state index contributed by atoms with van der Waals surface area (Å²) in [6.45, 7) is 1.99. The number of hydrogen-bond acceptors (Lipinski definition) is 7. The van der Waals surface area contributed by atoms with E-state index in [2.05, 4.69) is 15.5 Å². The second kappa shape index (κ2) is 8.79. The molecule has 8 heteroatoms. The van der Waals surface area contributed by atoms with E-state index in [0.29, 0.717) is 16.7 Å². The molecule has 2 N–H and O–H groups in total. The summed E-state index contributed by atoms with van der Waals surface area (Å²) in [6, 6.07) is 13.6. The number of ketones is 1. The quantitative estimate of drug-likeness (QED) is 0.468. The Hall–Kier alpha value is -2.71. The van der Waals surface area contributed by atoms with Crippen molar-refractivity contribution in [3.63, 3.8) is 0 Å². The van der Waals surface area contributed by atoms with Crippen molar-refractivity contribution in [1.82, 2.24) is 15.5 Å². The number of hydrogen-bond donors (Lipinski definition) is 2. The predicted octanol–water partition coefficient (Wildman–Crippen LogP) is 3.19. The molecule has 1 amide bonds. The summed E-state index contributed by atoms with van der Waals surface area (Å²) in [5.74, 6) is -0.0809. The molecule has 138 valence electrons. The van der Waals surface area contributed by atoms with Gasteiger partial charge in [-0.2, -0.15) is 0 Å². The fraction of sp³-hybridized carbons (Fsp3) is 0.158. The highest BCUT2D eigenvalue weighted by Crippen LogP contribution is 2.22. The van der Waals surface area contributed by atoms with Gasteiger partial charge in [0.15, 0.2) is 10.1 Å². The molecule has 0 unspecified atom stereocenters. The van der Waals surface area contributed by atoms with Crippen molar-refractivity contribution in [2.75, 3.05) is 5.75 Å². The fourth-order valence-corrected chi connectivity index (χ4v) is 3.98. The number of phenols is 1. The van der Waals surface area contributed by atoms with Gasteiger partial charge in [-0.1, -0.05) is 53.4 Å². The van der Waals surface area contributed by atoms with E-state index in [1.54, 1.807) is 36.4 Å². The summed E-state index contributed by atoms with van der Waals surface area (Å²) in [4.78, 5) is 24.5. The Morgan fingerprint density at radius 2 is 1.89 bits per heavy atom. The summed E-state index contributed by atoms with van der Waals surface area (Å²) in [6.07, 6.45) is 0. The molecular weight excluding hydrogens is 382 g/mol. The first-order chi connectivity index (χ1) is 13.0. The predicted molar refractivity (Wildman–Crippen MR) is 105 cm³/mol. The molecule has 0 atom stereocenters. The van der Waals surface area contributed by atoms with Gasteiger partial charge in [0.25, 0.3) is 0 Å². The Labute approximate surface area is 164 Å². The van der Waals surface area contributed by atoms with Gasteiger partial charge in [-0.05, 0) is 25.1 Å². The molecule has 0 aliphatic rings. The molecule has 0 saturated heterocycles. The SMILES string of the molecule is Cc1nnc(SCC(=O)NCc2cc(C(=O)c3ccccc3)ccc2O)s1. The van der Waals surface area contributed by atoms with E-state index in [-0.39, 0.29) is 29.7 Å². The summed E-state index contributed by atoms with van der Waals surface area (Å²) < 4.78 is 0.737. The first kappa shape index (κ1) is 19.1. The van der Waals surface area contributed by atoms with Crippen LogP contribution in [-0.2, 0) is 11.3 Å². The van der Waals surface area contributed by atoms with Crippen molar-refractivity contribution in [3.8, 4) is 5.75 Å². The van der Waals surface area contributed by atoms with E-state index in [1.807, 2.05) is 13.0 Å². The van der Waals surface area contributed by atoms with Gasteiger partial charge in [-0.3, -0.25) is 9.59 Å². The Bertz CT molecular complexity index is 958. The lowest BCUT2D eigenvalue weighted by atomic mass is 10.0. The fourth-order valence-electron chi connectivity index (χ4n) is 2.33. The number of phenolic OH excluding ortho intramolecular Hbond substituents is 1. The van der Waals surface area contributed by atoms with Crippen molar-refractivity contribution >= 4 is 34.8 Å². The number of aromatic nitrogens is 2. The minimum absolute atomic E-state index is 0.0345. The van der Waals surface area contributed by atoms with Crippen LogP contribution in [-0.4, -0.2) is 32.7 Å². The van der Waals surface area contributed by atoms with Crippen LogP contribution in [0.25, 0.3) is 0 Å². The highest BCUT2D eigenvalue weighted by molar-refractivity contribution is 8.01. The first-order valence-electron chi connectivity index (χ1n) is 8.14. The van der Waals surface area contributed by atoms with Gasteiger partial charge < -0.3 is 10.4 Å². The van der Waals surface area contributed by atoms with Crippen molar-refractivity contribution in [2.24, 2.45) is 0 Å². The van der Waals surface area contributed by atoms with Crippen LogP contribution in [0.1, 0.15) is 26.5 Å². The molecule has 0 aliphatic heterocycles. The minimum Gasteiger partial charge on any atom is -0.508 e. The lowest BCUT2D eigenvalue weighted by molar-refractivity contribution is -0.118. The van der Waals surface area contributed by atoms with Crippen molar-refractivity contribution in [1.29, 1.82) is 0 Å². The van der Waals surface area contributed by atoms with Crippen molar-refractivity contribution < 1.29 is 14.7 Å². The smallest absolute Gasteiger partial charge is 0.230 e. The van der Waals surface area contributed by atoms with Gasteiger partial charge in [-0.25, -0.2) is 0 Å². The normalized spacial score (nSPS) is 10.6. The number of nitrogens with zero attached hydrogens (tertiary/aromatic N) is 2. The molecular formula is C19H17N3O3S2. The molecule has 3 rings (SSSR count). The third kappa shape index (κ3) is 5.15. The first-order valence-corrected chi connectivity index (χ1v) is 9.94. The molecule has 0 aliphatic carbocycles. The van der Waals surface area contributed by atoms with Gasteiger partial charge >= 0.3 is 0 Å². The zero-order chi connectivity index (χ0) is 19.2. The molecule has 1 heterocycles. The number of rotatable bonds is 7. The zero-order valence-electron chi connectivity index (χ0n) is 14.5. The number of aromatic hydroxyl groups is 1. The maximum Gasteiger partial charge on any atom is 0.230 e. The van der Waals surface area contributed by atoms with E-state index < -0.39 is 0 Å². The number of aryl methyl sites for hydroxylation is 1. The Balaban J connectivity index is 1.61. The maximum absolute atomic E-state index is 12.5. The number of carbonyl (C=O) groups is 2. The Kier molecular flexibility index (Phi) is 6.20. The standard InChI is InChI=1S/C19H17N3O3S2/c1-12-21-22-19(27-12)26-11-17(24)20-10-15-9-14(7-8-16(15)23)18(25)13-5-3-2-4-6-13/h2-9,23H,10-11H2,1H3,(H,20,24). The largest absolute Gasteiger partial charge is 0.508 e. The Morgan fingerprint density at radius 3 is 2.59 bits per heavy atom. The van der Waals surface area contributed by atoms with Gasteiger partial charge in [0.05, 0.1) is 5.75 Å². The number of benzene rings is 2. The van der Waals surface area contributed by atoms with E-state index in [9.17, 15) is 14.7 Å². The lowest BCUT2D eigenvalue weighted by Crippen LogP contribution is -2.24. The average molecular weight is 399 g/mol. The van der Waals surface area contributed by atoms with Crippen LogP contribution in [0.3, 0.4) is 0 Å². The van der Waals surface area contributed by atoms with Crippen LogP contribution in [0.4, 0.5) is 0 Å². The number of amides is 1. The summed E-state index contributed by atoms with van der Waals surface area (Å²) >= 11 is 2.74. The molecule has 27 heavy (non-hydrogen) atoms. The van der Waals surface area contributed by atoms with Crippen LogP contribution >= 0.6 is 23.1 Å². The second-order valence-corrected chi connectivity index (χ2v) is 8.10. The topological polar surface area (TPSA) is 92.2 Å². The van der Waals surface area contributed by atoms with Crippen LogP contribution in [0.15, 0.2) is 52.9 Å². The van der Waals surface area contributed by atoms with Crippen molar-refractivity contribution in [2.45, 2.75) is 17.8 Å². The van der Waals surface area contributed by atoms with E-state index in [0.717, 1.165) is 9.35 Å². The molecule has 1 aromatic heterocycles. The third-order valence-electron chi connectivity index (χ3n) is 3.69. The molecule has 2 aromatic carbocycles. The summed E-state index contributed by atoms with van der Waals surface area (Å²) in [5.41, 5.74) is 1.52. The number of nitrogens with one attached hydrogen (secondary N) is 1. The average Bonchev–Trinajstić information content (AvgIpc) is 3.11. The molecule has 0 spiro atoms. The summed E-state index contributed by atoms with van der Waals surface area (Å²) in [5, 5.41) is 21.5. The summed E-state index contributed by atoms with van der Waals surface area (Å²) in [7, 11) is 0. The van der Waals surface area contributed by atoms with E-state index >= 15 is 0 Å². The maximum atomic E-state index is 12.5. The van der Waals surface area contributed by atoms with Crippen LogP contribution in [0.2, 0.25) is 0 Å². The van der Waals surface area contributed by atoms with Crippen LogP contribution in [0.5, 0.6) is 5.75 Å². The lowest BCUT2D eigenvalue weighted by Gasteiger charge is -2.09. The van der Waals surface area contributed by atoms with Gasteiger partial charge in [0.2, 0.25) is 5.91 Å². The van der Waals surface area contributed by atoms with E-state index in [4.69, 9.17) is 0 Å². The van der Waals surface area contributed by atoms with Gasteiger partial charge in [0.1, 0.15) is 10.8 Å². The second-order valence-electron chi connectivity index (χ2n) is 5.69. The van der Waals surface area contributed by atoms with E-state index in [1.165, 1.54) is 29.2 Å². The van der Waals surface area contributed by atoms with Crippen LogP contribution in [0, 0.1) is 6.92 Å². The Morgan fingerprint density at radius 1 is 1.11 bits per heavy atom. The van der Waals surface area contributed by atoms with Gasteiger partial charge in [0, 0.05) is 23.2 Å². The number of thioether (sulfide) groups is 1. The monoisotopic (exact) mass is 399 g/mol. The molecule has 0 bridgehead atoms. The van der Waals surface area contributed by atoms with Gasteiger partial charge in [-0.15, -0.1) is 10.2 Å². The van der Waals surface area contributed by atoms with Crippen LogP contribution < -0.4 is 5.32 Å². The highest BCUT2D eigenvalue weighted by Gasteiger charge is 2.13. The molecule has 3 aromatic rings. The molecule has 0 radical (unpaired) electrons.